The van der Waals surface area contributed by atoms with Gasteiger partial charge in [-0.2, -0.15) is 5.10 Å². The average molecular weight is 401 g/mol. The lowest BCUT2D eigenvalue weighted by Crippen LogP contribution is -2.09. The van der Waals surface area contributed by atoms with Crippen LogP contribution in [0, 0.1) is 19.7 Å². The van der Waals surface area contributed by atoms with Gasteiger partial charge in [0, 0.05) is 12.6 Å². The maximum Gasteiger partial charge on any atom is 0.163 e. The Labute approximate surface area is 173 Å². The molecule has 3 heterocycles. The van der Waals surface area contributed by atoms with E-state index in [0.717, 1.165) is 39.7 Å². The molecule has 5 rings (SSSR count). The highest BCUT2D eigenvalue weighted by Crippen LogP contribution is 2.36. The summed E-state index contributed by atoms with van der Waals surface area (Å²) in [6.07, 6.45) is 4.04. The second kappa shape index (κ2) is 7.26. The molecule has 0 amide bonds. The third-order valence-electron chi connectivity index (χ3n) is 5.21. The smallest absolute Gasteiger partial charge is 0.163 e. The summed E-state index contributed by atoms with van der Waals surface area (Å²) in [5.74, 6) is 0.604. The first-order chi connectivity index (χ1) is 14.6. The van der Waals surface area contributed by atoms with Crippen LogP contribution in [-0.4, -0.2) is 25.0 Å². The molecular formula is C23H20FN5O. The van der Waals surface area contributed by atoms with Crippen LogP contribution in [0.2, 0.25) is 0 Å². The van der Waals surface area contributed by atoms with E-state index >= 15 is 0 Å². The number of rotatable bonds is 4. The molecule has 4 aromatic rings. The quantitative estimate of drug-likeness (QED) is 0.499. The van der Waals surface area contributed by atoms with Crippen LogP contribution in [0.5, 0.6) is 0 Å². The minimum absolute atomic E-state index is 0.271. The van der Waals surface area contributed by atoms with E-state index in [2.05, 4.69) is 10.1 Å². The second-order valence-electron chi connectivity index (χ2n) is 7.34. The summed E-state index contributed by atoms with van der Waals surface area (Å²) in [4.78, 5) is 10.2. The zero-order valence-electron chi connectivity index (χ0n) is 16.7. The molecule has 2 aromatic heterocycles. The number of aromatic nitrogens is 4. The van der Waals surface area contributed by atoms with Crippen molar-refractivity contribution >= 4 is 5.71 Å². The summed E-state index contributed by atoms with van der Waals surface area (Å²) in [5.41, 5.74) is 5.32. The number of oxime groups is 1. The topological polar surface area (TPSA) is 57.2 Å². The van der Waals surface area contributed by atoms with E-state index in [4.69, 9.17) is 9.94 Å². The molecule has 0 spiro atoms. The Bertz CT molecular complexity index is 1220. The molecule has 7 heteroatoms. The minimum Gasteiger partial charge on any atom is -0.387 e. The van der Waals surface area contributed by atoms with Crippen LogP contribution in [0.4, 0.5) is 4.39 Å². The highest BCUT2D eigenvalue weighted by atomic mass is 19.1. The van der Waals surface area contributed by atoms with E-state index in [1.54, 1.807) is 18.5 Å². The molecule has 1 aliphatic heterocycles. The lowest BCUT2D eigenvalue weighted by Gasteiger charge is -2.13. The molecule has 1 aliphatic rings. The maximum absolute atomic E-state index is 13.3. The van der Waals surface area contributed by atoms with E-state index in [1.807, 2.05) is 59.6 Å². The normalized spacial score (nSPS) is 15.8. The number of nitrogens with zero attached hydrogens (tertiary/aromatic N) is 5. The summed E-state index contributed by atoms with van der Waals surface area (Å²) < 4.78 is 17.2. The predicted octanol–water partition coefficient (Wildman–Crippen LogP) is 4.68. The molecular weight excluding hydrogens is 381 g/mol. The number of hydrogen-bond donors (Lipinski definition) is 0. The number of aryl methyl sites for hydroxylation is 2. The van der Waals surface area contributed by atoms with Crippen molar-refractivity contribution in [1.29, 1.82) is 0 Å². The Morgan fingerprint density at radius 3 is 2.50 bits per heavy atom. The molecule has 0 radical (unpaired) electrons. The number of hydrogen-bond acceptors (Lipinski definition) is 4. The summed E-state index contributed by atoms with van der Waals surface area (Å²) in [6, 6.07) is 16.3. The number of benzene rings is 2. The zero-order valence-corrected chi connectivity index (χ0v) is 16.7. The molecule has 0 fully saturated rings. The van der Waals surface area contributed by atoms with Gasteiger partial charge < -0.3 is 4.84 Å². The van der Waals surface area contributed by atoms with Crippen LogP contribution in [0.25, 0.3) is 11.5 Å². The molecule has 0 saturated carbocycles. The second-order valence-corrected chi connectivity index (χ2v) is 7.34. The summed E-state index contributed by atoms with van der Waals surface area (Å²) in [7, 11) is 0. The fourth-order valence-corrected chi connectivity index (χ4v) is 3.78. The predicted molar refractivity (Wildman–Crippen MR) is 112 cm³/mol. The Morgan fingerprint density at radius 1 is 1.03 bits per heavy atom. The Kier molecular flexibility index (Phi) is 4.43. The number of imidazole rings is 1. The van der Waals surface area contributed by atoms with E-state index in [1.165, 1.54) is 12.1 Å². The Balaban J connectivity index is 1.57. The fraction of sp³-hybridized carbons (Fsp3) is 0.174. The van der Waals surface area contributed by atoms with Gasteiger partial charge in [0.05, 0.1) is 28.4 Å². The Hall–Kier alpha value is -3.74. The third kappa shape index (κ3) is 3.18. The Morgan fingerprint density at radius 2 is 1.80 bits per heavy atom. The lowest BCUT2D eigenvalue weighted by molar-refractivity contribution is 0.0852. The van der Waals surface area contributed by atoms with Crippen molar-refractivity contribution in [2.24, 2.45) is 5.16 Å². The first-order valence-corrected chi connectivity index (χ1v) is 9.74. The van der Waals surface area contributed by atoms with Gasteiger partial charge in [-0.1, -0.05) is 35.5 Å². The zero-order chi connectivity index (χ0) is 20.7. The minimum atomic E-state index is -0.291. The highest BCUT2D eigenvalue weighted by molar-refractivity contribution is 6.01. The lowest BCUT2D eigenvalue weighted by atomic mass is 10.00. The number of halogens is 1. The van der Waals surface area contributed by atoms with Crippen molar-refractivity contribution in [1.82, 2.24) is 19.3 Å². The van der Waals surface area contributed by atoms with Gasteiger partial charge in [0.25, 0.3) is 0 Å². The molecule has 150 valence electrons. The fourth-order valence-electron chi connectivity index (χ4n) is 3.78. The standard InChI is InChI=1S/C23H20FN5O/c1-15-13-28(14-25-15)23-22(16(2)26-29(23)19-6-4-3-5-7-19)21-12-20(27-30-21)17-8-10-18(24)11-9-17/h3-11,13-14,21H,12H2,1-2H3. The first kappa shape index (κ1) is 18.3. The van der Waals surface area contributed by atoms with Gasteiger partial charge in [-0.25, -0.2) is 14.1 Å². The van der Waals surface area contributed by atoms with Crippen molar-refractivity contribution in [3.63, 3.8) is 0 Å². The molecule has 0 saturated heterocycles. The first-order valence-electron chi connectivity index (χ1n) is 9.74. The van der Waals surface area contributed by atoms with Gasteiger partial charge in [0.2, 0.25) is 0 Å². The van der Waals surface area contributed by atoms with E-state index in [0.29, 0.717) is 6.42 Å². The third-order valence-corrected chi connectivity index (χ3v) is 5.21. The molecule has 1 atom stereocenters. The van der Waals surface area contributed by atoms with E-state index in [9.17, 15) is 4.39 Å². The highest BCUT2D eigenvalue weighted by Gasteiger charge is 2.32. The summed E-state index contributed by atoms with van der Waals surface area (Å²) in [6.45, 7) is 3.93. The molecule has 0 N–H and O–H groups in total. The molecule has 1 unspecified atom stereocenters. The molecule has 2 aromatic carbocycles. The van der Waals surface area contributed by atoms with Crippen LogP contribution in [-0.2, 0) is 4.84 Å². The molecule has 0 bridgehead atoms. The van der Waals surface area contributed by atoms with Crippen LogP contribution in [0.1, 0.15) is 35.0 Å². The van der Waals surface area contributed by atoms with Gasteiger partial charge in [-0.15, -0.1) is 0 Å². The van der Waals surface area contributed by atoms with Crippen LogP contribution >= 0.6 is 0 Å². The SMILES string of the molecule is Cc1cn(-c2c(C3CC(c4ccc(F)cc4)=NO3)c(C)nn2-c2ccccc2)cn1. The van der Waals surface area contributed by atoms with Crippen LogP contribution in [0.3, 0.4) is 0 Å². The largest absolute Gasteiger partial charge is 0.387 e. The summed E-state index contributed by atoms with van der Waals surface area (Å²) in [5, 5.41) is 9.10. The van der Waals surface area contributed by atoms with Crippen molar-refractivity contribution in [2.45, 2.75) is 26.4 Å². The van der Waals surface area contributed by atoms with E-state index in [-0.39, 0.29) is 11.9 Å². The number of para-hydroxylation sites is 1. The average Bonchev–Trinajstić information content (AvgIpc) is 3.47. The van der Waals surface area contributed by atoms with Crippen molar-refractivity contribution in [2.75, 3.05) is 0 Å². The monoisotopic (exact) mass is 401 g/mol. The van der Waals surface area contributed by atoms with Gasteiger partial charge in [-0.05, 0) is 43.7 Å². The summed E-state index contributed by atoms with van der Waals surface area (Å²) >= 11 is 0. The van der Waals surface area contributed by atoms with Crippen molar-refractivity contribution in [3.8, 4) is 11.5 Å². The van der Waals surface area contributed by atoms with E-state index < -0.39 is 0 Å². The maximum atomic E-state index is 13.3. The van der Waals surface area contributed by atoms with Crippen molar-refractivity contribution < 1.29 is 9.23 Å². The van der Waals surface area contributed by atoms with Gasteiger partial charge >= 0.3 is 0 Å². The molecule has 30 heavy (non-hydrogen) atoms. The van der Waals surface area contributed by atoms with Gasteiger partial charge in [0.1, 0.15) is 18.0 Å². The van der Waals surface area contributed by atoms with Crippen molar-refractivity contribution in [3.05, 3.63) is 95.5 Å². The van der Waals surface area contributed by atoms with Gasteiger partial charge in [0.15, 0.2) is 6.10 Å². The molecule has 6 nitrogen and oxygen atoms in total. The van der Waals surface area contributed by atoms with Gasteiger partial charge in [-0.3, -0.25) is 4.57 Å². The molecule has 0 aliphatic carbocycles. The van der Waals surface area contributed by atoms with Crippen LogP contribution in [0.15, 0.2) is 72.3 Å². The van der Waals surface area contributed by atoms with Crippen LogP contribution < -0.4 is 0 Å².